The van der Waals surface area contributed by atoms with Crippen LogP contribution in [-0.2, 0) is 25.8 Å². The summed E-state index contributed by atoms with van der Waals surface area (Å²) in [6.07, 6.45) is 0. The third kappa shape index (κ3) is 34.1. The third-order valence-electron chi connectivity index (χ3n) is 2.70. The molecular formula is C19H41GeHfN3. The Morgan fingerprint density at radius 1 is 0.625 bits per heavy atom. The second-order valence-corrected chi connectivity index (χ2v) is 11.2. The molecule has 0 aliphatic heterocycles. The van der Waals surface area contributed by atoms with Crippen LogP contribution in [-0.4, -0.2) is 53.6 Å². The van der Waals surface area contributed by atoms with E-state index in [-0.39, 0.29) is 25.8 Å². The van der Waals surface area contributed by atoms with E-state index in [2.05, 4.69) is 51.7 Å². The summed E-state index contributed by atoms with van der Waals surface area (Å²) in [7, 11) is 0. The summed E-state index contributed by atoms with van der Waals surface area (Å²) in [6, 6.07) is 8.73. The number of hydrogen-bond acceptors (Lipinski definition) is 0. The van der Waals surface area contributed by atoms with E-state index in [1.807, 2.05) is 41.5 Å². The molecule has 140 valence electrons. The molecule has 3 nitrogen and oxygen atoms in total. The van der Waals surface area contributed by atoms with E-state index in [9.17, 15) is 0 Å². The van der Waals surface area contributed by atoms with E-state index in [4.69, 9.17) is 0 Å². The van der Waals surface area contributed by atoms with Crippen LogP contribution < -0.4 is 4.40 Å². The Hall–Kier alpha value is 0.643. The van der Waals surface area contributed by atoms with Crippen LogP contribution >= 0.6 is 0 Å². The monoisotopic (exact) mass is 565 g/mol. The Kier molecular flexibility index (Phi) is 42.3. The molecule has 1 rings (SSSR count). The molecule has 1 aromatic carbocycles. The van der Waals surface area contributed by atoms with Gasteiger partial charge in [0.15, 0.2) is 0 Å². The SMILES string of the molecule is CC[N-]CC.CC[N-]CC.CC[N-]CC.[CH3][GeH]([CH3])[c-]1cccc1.[Hf+4]. The molecule has 0 aliphatic rings. The Morgan fingerprint density at radius 3 is 0.958 bits per heavy atom. The zero-order valence-corrected chi connectivity index (χ0v) is 23.5. The summed E-state index contributed by atoms with van der Waals surface area (Å²) in [5.74, 6) is 4.78. The van der Waals surface area contributed by atoms with Crippen molar-refractivity contribution in [3.63, 3.8) is 0 Å². The second kappa shape index (κ2) is 31.4. The Morgan fingerprint density at radius 2 is 0.875 bits per heavy atom. The molecule has 0 N–H and O–H groups in total. The molecule has 24 heavy (non-hydrogen) atoms. The van der Waals surface area contributed by atoms with Crippen molar-refractivity contribution in [2.24, 2.45) is 0 Å². The van der Waals surface area contributed by atoms with Crippen molar-refractivity contribution >= 4 is 18.7 Å². The maximum absolute atomic E-state index is 3.97. The molecule has 0 radical (unpaired) electrons. The fourth-order valence-corrected chi connectivity index (χ4v) is 3.53. The summed E-state index contributed by atoms with van der Waals surface area (Å²) in [5, 5.41) is 11.9. The van der Waals surface area contributed by atoms with Gasteiger partial charge in [0.2, 0.25) is 0 Å². The van der Waals surface area contributed by atoms with Gasteiger partial charge in [-0.3, -0.25) is 0 Å². The van der Waals surface area contributed by atoms with Gasteiger partial charge in [-0.25, -0.2) is 0 Å². The molecule has 0 bridgehead atoms. The fourth-order valence-electron chi connectivity index (χ4n) is 1.44. The standard InChI is InChI=1S/C7H11Ge.3C4H10N.Hf/c1-8(2)7-5-3-4-6-7;3*1-3-5-4-2;/h3-6,8H,1-2H3;3*3-4H2,1-2H3;/q4*-1;+4. The average Bonchev–Trinajstić information content (AvgIpc) is 3.06. The largest absolute Gasteiger partial charge is 4.00 e. The average molecular weight is 563 g/mol. The van der Waals surface area contributed by atoms with Crippen LogP contribution in [0.25, 0.3) is 16.0 Å². The van der Waals surface area contributed by atoms with Crippen molar-refractivity contribution in [3.05, 3.63) is 40.2 Å². The van der Waals surface area contributed by atoms with Gasteiger partial charge in [-0.2, -0.15) is 39.3 Å². The smallest absolute Gasteiger partial charge is 4.00 e. The first-order chi connectivity index (χ1) is 11.0. The topological polar surface area (TPSA) is 42.3 Å². The van der Waals surface area contributed by atoms with Gasteiger partial charge in [0.25, 0.3) is 0 Å². The molecule has 0 saturated heterocycles. The minimum Gasteiger partial charge on any atom is 4.00 e. The molecule has 5 heteroatoms. The number of rotatable bonds is 7. The van der Waals surface area contributed by atoms with Crippen LogP contribution in [0.5, 0.6) is 0 Å². The van der Waals surface area contributed by atoms with Crippen molar-refractivity contribution in [2.45, 2.75) is 53.1 Å². The normalized spacial score (nSPS) is 8.71. The molecule has 0 amide bonds. The summed E-state index contributed by atoms with van der Waals surface area (Å²) >= 11 is -0.888. The van der Waals surface area contributed by atoms with Crippen LogP contribution in [0, 0.1) is 0 Å². The summed E-state index contributed by atoms with van der Waals surface area (Å²) in [4.78, 5) is 0. The zero-order chi connectivity index (χ0) is 18.3. The predicted octanol–water partition coefficient (Wildman–Crippen LogP) is 5.30. The molecule has 0 heterocycles. The molecule has 0 aliphatic carbocycles. The van der Waals surface area contributed by atoms with E-state index in [0.29, 0.717) is 0 Å². The van der Waals surface area contributed by atoms with Gasteiger partial charge >= 0.3 is 80.4 Å². The van der Waals surface area contributed by atoms with Crippen molar-refractivity contribution in [3.8, 4) is 0 Å². The van der Waals surface area contributed by atoms with E-state index >= 15 is 0 Å². The summed E-state index contributed by atoms with van der Waals surface area (Å²) in [6.45, 7) is 18.1. The van der Waals surface area contributed by atoms with Gasteiger partial charge in [-0.15, -0.1) is 0 Å². The number of hydrogen-bond donors (Lipinski definition) is 0. The minimum absolute atomic E-state index is 0. The molecule has 0 unspecified atom stereocenters. The van der Waals surface area contributed by atoms with Gasteiger partial charge in [-0.1, -0.05) is 41.5 Å². The minimum atomic E-state index is -0.888. The molecule has 0 aromatic heterocycles. The molecule has 0 saturated carbocycles. The van der Waals surface area contributed by atoms with E-state index in [0.717, 1.165) is 39.3 Å². The Bertz CT molecular complexity index is 247. The van der Waals surface area contributed by atoms with Crippen LogP contribution in [0.2, 0.25) is 11.5 Å². The molecular weight excluding hydrogens is 521 g/mol. The van der Waals surface area contributed by atoms with Crippen molar-refractivity contribution in [1.29, 1.82) is 0 Å². The van der Waals surface area contributed by atoms with Crippen LogP contribution in [0.15, 0.2) is 24.3 Å². The van der Waals surface area contributed by atoms with Crippen LogP contribution in [0.4, 0.5) is 0 Å². The van der Waals surface area contributed by atoms with Crippen molar-refractivity contribution in [2.75, 3.05) is 39.3 Å². The van der Waals surface area contributed by atoms with Gasteiger partial charge < -0.3 is 16.0 Å². The first-order valence-corrected chi connectivity index (χ1v) is 15.2. The molecule has 1 aromatic rings. The van der Waals surface area contributed by atoms with Crippen LogP contribution in [0.1, 0.15) is 41.5 Å². The first kappa shape index (κ1) is 32.3. The molecule has 0 atom stereocenters. The zero-order valence-electron chi connectivity index (χ0n) is 17.5. The van der Waals surface area contributed by atoms with E-state index in [1.165, 1.54) is 0 Å². The van der Waals surface area contributed by atoms with Gasteiger partial charge in [0, 0.05) is 0 Å². The maximum atomic E-state index is 3.97. The van der Waals surface area contributed by atoms with Gasteiger partial charge in [-0.05, 0) is 0 Å². The molecule has 0 spiro atoms. The Labute approximate surface area is 176 Å². The Balaban J connectivity index is -0.000000113. The molecule has 0 fully saturated rings. The van der Waals surface area contributed by atoms with Crippen LogP contribution in [0.3, 0.4) is 0 Å². The second-order valence-electron chi connectivity index (χ2n) is 4.94. The van der Waals surface area contributed by atoms with Crippen molar-refractivity contribution in [1.82, 2.24) is 0 Å². The fraction of sp³-hybridized carbons (Fsp3) is 0.737. The third-order valence-corrected chi connectivity index (χ3v) is 6.30. The van der Waals surface area contributed by atoms with Gasteiger partial charge in [0.05, 0.1) is 0 Å². The number of nitrogens with zero attached hydrogens (tertiary/aromatic N) is 3. The van der Waals surface area contributed by atoms with E-state index in [1.54, 1.807) is 4.40 Å². The maximum Gasteiger partial charge on any atom is 4.00 e. The van der Waals surface area contributed by atoms with E-state index < -0.39 is 14.3 Å². The predicted molar refractivity (Wildman–Crippen MR) is 114 cm³/mol. The van der Waals surface area contributed by atoms with Crippen molar-refractivity contribution < 1.29 is 25.8 Å². The summed E-state index contributed by atoms with van der Waals surface area (Å²) < 4.78 is 1.62. The summed E-state index contributed by atoms with van der Waals surface area (Å²) in [5.41, 5.74) is 0. The quantitative estimate of drug-likeness (QED) is 0.320. The first-order valence-electron chi connectivity index (χ1n) is 9.16. The van der Waals surface area contributed by atoms with Gasteiger partial charge in [0.1, 0.15) is 0 Å².